The Kier molecular flexibility index (Phi) is 1.05. The second-order valence-electron chi connectivity index (χ2n) is 3.22. The highest BCUT2D eigenvalue weighted by molar-refractivity contribution is 4.97. The molecule has 0 aliphatic heterocycles. The Morgan fingerprint density at radius 1 is 0.889 bits per heavy atom. The maximum atomic E-state index is 12.6. The Hall–Kier alpha value is -0.140. The lowest BCUT2D eigenvalue weighted by atomic mass is 9.97. The fraction of sp³-hybridized carbons (Fsp3) is 1.00. The van der Waals surface area contributed by atoms with Crippen LogP contribution in [0.25, 0.3) is 0 Å². The quantitative estimate of drug-likeness (QED) is 0.473. The van der Waals surface area contributed by atoms with E-state index < -0.39 is 12.3 Å². The molecule has 0 radical (unpaired) electrons. The molecule has 2 fully saturated rings. The summed E-state index contributed by atoms with van der Waals surface area (Å²) in [5, 5.41) is 0. The van der Waals surface area contributed by atoms with Crippen molar-refractivity contribution < 1.29 is 8.78 Å². The maximum absolute atomic E-state index is 12.6. The van der Waals surface area contributed by atoms with Gasteiger partial charge in [0.25, 0.3) is 0 Å². The first-order valence-electron chi connectivity index (χ1n) is 3.57. The zero-order valence-electron chi connectivity index (χ0n) is 5.19. The standard InChI is InChI=1S/C7H10F2/c8-6-4-1-2-5(3-4)7(6)9/h4-7H,1-3H2/t4-,5-,6-,7-/m0/s1. The Balaban J connectivity index is 2.15. The number of alkyl halides is 2. The van der Waals surface area contributed by atoms with Gasteiger partial charge in [0.05, 0.1) is 0 Å². The third-order valence-electron chi connectivity index (χ3n) is 2.72. The number of halogens is 2. The minimum absolute atomic E-state index is 0.0741. The molecule has 0 heterocycles. The number of hydrogen-bond donors (Lipinski definition) is 0. The summed E-state index contributed by atoms with van der Waals surface area (Å²) in [5.74, 6) is 0.148. The summed E-state index contributed by atoms with van der Waals surface area (Å²) < 4.78 is 25.3. The van der Waals surface area contributed by atoms with Gasteiger partial charge in [0, 0.05) is 0 Å². The van der Waals surface area contributed by atoms with Crippen molar-refractivity contribution in [2.24, 2.45) is 11.8 Å². The van der Waals surface area contributed by atoms with Gasteiger partial charge in [-0.3, -0.25) is 0 Å². The van der Waals surface area contributed by atoms with E-state index in [1.54, 1.807) is 0 Å². The highest BCUT2D eigenvalue weighted by atomic mass is 19.2. The van der Waals surface area contributed by atoms with E-state index in [9.17, 15) is 8.78 Å². The van der Waals surface area contributed by atoms with Crippen LogP contribution in [0, 0.1) is 11.8 Å². The molecule has 52 valence electrons. The summed E-state index contributed by atoms with van der Waals surface area (Å²) in [5.41, 5.74) is 0. The van der Waals surface area contributed by atoms with Crippen LogP contribution in [0.2, 0.25) is 0 Å². The zero-order chi connectivity index (χ0) is 6.43. The molecule has 2 aliphatic carbocycles. The lowest BCUT2D eigenvalue weighted by molar-refractivity contribution is 0.109. The van der Waals surface area contributed by atoms with Gasteiger partial charge >= 0.3 is 0 Å². The van der Waals surface area contributed by atoms with Crippen LogP contribution in [0.5, 0.6) is 0 Å². The number of fused-ring (bicyclic) bond motifs is 2. The van der Waals surface area contributed by atoms with Gasteiger partial charge in [-0.25, -0.2) is 8.78 Å². The second kappa shape index (κ2) is 1.68. The molecule has 0 spiro atoms. The molecule has 0 N–H and O–H groups in total. The summed E-state index contributed by atoms with van der Waals surface area (Å²) in [6.45, 7) is 0. The van der Waals surface area contributed by atoms with Gasteiger partial charge in [0.15, 0.2) is 0 Å². The molecule has 0 aromatic heterocycles. The third kappa shape index (κ3) is 0.620. The molecule has 2 aliphatic rings. The van der Waals surface area contributed by atoms with Crippen LogP contribution in [0.15, 0.2) is 0 Å². The molecule has 2 rings (SSSR count). The molecule has 4 atom stereocenters. The van der Waals surface area contributed by atoms with Crippen LogP contribution in [0.4, 0.5) is 8.78 Å². The van der Waals surface area contributed by atoms with Crippen LogP contribution in [0.3, 0.4) is 0 Å². The molecule has 9 heavy (non-hydrogen) atoms. The van der Waals surface area contributed by atoms with Crippen molar-refractivity contribution in [2.45, 2.75) is 31.6 Å². The minimum Gasteiger partial charge on any atom is -0.244 e. The third-order valence-corrected chi connectivity index (χ3v) is 2.72. The minimum atomic E-state index is -1.12. The smallest absolute Gasteiger partial charge is 0.134 e. The SMILES string of the molecule is F[C@H]1[C@H]2CC[C@@H](C2)[C@@H]1F. The van der Waals surface area contributed by atoms with Gasteiger partial charge in [-0.05, 0) is 31.1 Å². The summed E-state index contributed by atoms with van der Waals surface area (Å²) in [4.78, 5) is 0. The van der Waals surface area contributed by atoms with E-state index in [0.29, 0.717) is 0 Å². The van der Waals surface area contributed by atoms with Crippen LogP contribution in [0.1, 0.15) is 19.3 Å². The van der Waals surface area contributed by atoms with E-state index in [0.717, 1.165) is 19.3 Å². The van der Waals surface area contributed by atoms with Crippen molar-refractivity contribution >= 4 is 0 Å². The first kappa shape index (κ1) is 5.63. The normalized spacial score (nSPS) is 56.7. The second-order valence-corrected chi connectivity index (χ2v) is 3.22. The molecule has 0 aromatic carbocycles. The average molecular weight is 132 g/mol. The van der Waals surface area contributed by atoms with Crippen molar-refractivity contribution in [1.29, 1.82) is 0 Å². The Morgan fingerprint density at radius 2 is 1.33 bits per heavy atom. The van der Waals surface area contributed by atoms with Gasteiger partial charge in [-0.1, -0.05) is 0 Å². The Morgan fingerprint density at radius 3 is 1.56 bits per heavy atom. The fourth-order valence-electron chi connectivity index (χ4n) is 2.15. The fourth-order valence-corrected chi connectivity index (χ4v) is 2.15. The summed E-state index contributed by atoms with van der Waals surface area (Å²) in [7, 11) is 0. The van der Waals surface area contributed by atoms with Crippen LogP contribution < -0.4 is 0 Å². The molecule has 0 aromatic rings. The van der Waals surface area contributed by atoms with Crippen LogP contribution >= 0.6 is 0 Å². The first-order valence-corrected chi connectivity index (χ1v) is 3.57. The molecular weight excluding hydrogens is 122 g/mol. The first-order chi connectivity index (χ1) is 4.29. The number of hydrogen-bond acceptors (Lipinski definition) is 0. The maximum Gasteiger partial charge on any atom is 0.134 e. The molecule has 0 unspecified atom stereocenters. The van der Waals surface area contributed by atoms with Crippen LogP contribution in [-0.2, 0) is 0 Å². The van der Waals surface area contributed by atoms with E-state index in [1.807, 2.05) is 0 Å². The number of rotatable bonds is 0. The molecule has 0 saturated heterocycles. The predicted octanol–water partition coefficient (Wildman–Crippen LogP) is 2.09. The van der Waals surface area contributed by atoms with Gasteiger partial charge in [0.1, 0.15) is 12.3 Å². The van der Waals surface area contributed by atoms with E-state index in [4.69, 9.17) is 0 Å². The highest BCUT2D eigenvalue weighted by Gasteiger charge is 2.48. The zero-order valence-corrected chi connectivity index (χ0v) is 5.19. The summed E-state index contributed by atoms with van der Waals surface area (Å²) in [6.07, 6.45) is 0.411. The average Bonchev–Trinajstić information content (AvgIpc) is 2.37. The lowest BCUT2D eigenvalue weighted by Crippen LogP contribution is -2.24. The topological polar surface area (TPSA) is 0 Å². The van der Waals surface area contributed by atoms with Gasteiger partial charge in [0.2, 0.25) is 0 Å². The predicted molar refractivity (Wildman–Crippen MR) is 30.6 cm³/mol. The van der Waals surface area contributed by atoms with E-state index in [2.05, 4.69) is 0 Å². The van der Waals surface area contributed by atoms with Crippen LogP contribution in [-0.4, -0.2) is 12.3 Å². The van der Waals surface area contributed by atoms with Crippen molar-refractivity contribution in [3.8, 4) is 0 Å². The Bertz CT molecular complexity index is 106. The lowest BCUT2D eigenvalue weighted by Gasteiger charge is -2.17. The molecular formula is C7H10F2. The molecule has 0 amide bonds. The summed E-state index contributed by atoms with van der Waals surface area (Å²) >= 11 is 0. The van der Waals surface area contributed by atoms with Gasteiger partial charge in [-0.15, -0.1) is 0 Å². The van der Waals surface area contributed by atoms with Crippen molar-refractivity contribution in [1.82, 2.24) is 0 Å². The molecule has 2 heteroatoms. The van der Waals surface area contributed by atoms with E-state index in [-0.39, 0.29) is 11.8 Å². The Labute approximate surface area is 53.2 Å². The van der Waals surface area contributed by atoms with Crippen molar-refractivity contribution in [3.05, 3.63) is 0 Å². The largest absolute Gasteiger partial charge is 0.244 e. The molecule has 0 nitrogen and oxygen atoms in total. The van der Waals surface area contributed by atoms with Crippen molar-refractivity contribution in [2.75, 3.05) is 0 Å². The van der Waals surface area contributed by atoms with Gasteiger partial charge in [-0.2, -0.15) is 0 Å². The van der Waals surface area contributed by atoms with Gasteiger partial charge < -0.3 is 0 Å². The highest BCUT2D eigenvalue weighted by Crippen LogP contribution is 2.47. The molecule has 2 bridgehead atoms. The molecule has 2 saturated carbocycles. The van der Waals surface area contributed by atoms with Crippen molar-refractivity contribution in [3.63, 3.8) is 0 Å². The van der Waals surface area contributed by atoms with E-state index in [1.165, 1.54) is 0 Å². The monoisotopic (exact) mass is 132 g/mol. The summed E-state index contributed by atoms with van der Waals surface area (Å²) in [6, 6.07) is 0. The van der Waals surface area contributed by atoms with E-state index >= 15 is 0 Å².